The average molecular weight is 289 g/mol. The lowest BCUT2D eigenvalue weighted by Gasteiger charge is -2.36. The molecule has 1 fully saturated rings. The molecule has 1 aliphatic carbocycles. The van der Waals surface area contributed by atoms with E-state index in [1.165, 1.54) is 11.1 Å². The maximum Gasteiger partial charge on any atom is 0.226 e. The second-order valence-corrected chi connectivity index (χ2v) is 6.40. The number of benzene rings is 1. The van der Waals surface area contributed by atoms with Gasteiger partial charge < -0.3 is 14.7 Å². The Kier molecular flexibility index (Phi) is 4.00. The van der Waals surface area contributed by atoms with Gasteiger partial charge in [-0.15, -0.1) is 0 Å². The number of nitrogens with zero attached hydrogens (tertiary/aromatic N) is 1. The molecule has 1 amide bonds. The molecule has 0 saturated carbocycles. The lowest BCUT2D eigenvalue weighted by Crippen LogP contribution is -2.48. The van der Waals surface area contributed by atoms with Crippen molar-refractivity contribution in [3.8, 4) is 0 Å². The number of fused-ring (bicyclic) bond motifs is 1. The highest BCUT2D eigenvalue weighted by Crippen LogP contribution is 2.29. The van der Waals surface area contributed by atoms with Gasteiger partial charge in [-0.1, -0.05) is 24.3 Å². The maximum absolute atomic E-state index is 12.6. The third-order valence-corrected chi connectivity index (χ3v) is 4.73. The second kappa shape index (κ2) is 5.78. The molecule has 0 radical (unpaired) electrons. The Balaban J connectivity index is 1.61. The van der Waals surface area contributed by atoms with Crippen molar-refractivity contribution in [2.45, 2.75) is 31.3 Å². The predicted octanol–water partition coefficient (Wildman–Crippen LogP) is 1.40. The monoisotopic (exact) mass is 289 g/mol. The van der Waals surface area contributed by atoms with Crippen LogP contribution in [-0.4, -0.2) is 48.3 Å². The van der Waals surface area contributed by atoms with Crippen LogP contribution in [-0.2, 0) is 22.4 Å². The number of carbonyl (C=O) groups excluding carboxylic acids is 1. The second-order valence-electron chi connectivity index (χ2n) is 6.40. The molecule has 0 bridgehead atoms. The Morgan fingerprint density at radius 2 is 1.86 bits per heavy atom. The number of likely N-dealkylation sites (N-methyl/N-ethyl adjacent to an activating group) is 1. The van der Waals surface area contributed by atoms with E-state index in [4.69, 9.17) is 4.74 Å². The molecule has 1 saturated heterocycles. The van der Waals surface area contributed by atoms with Gasteiger partial charge in [0.1, 0.15) is 0 Å². The Morgan fingerprint density at radius 1 is 1.29 bits per heavy atom. The zero-order valence-electron chi connectivity index (χ0n) is 12.5. The molecule has 1 aliphatic heterocycles. The summed E-state index contributed by atoms with van der Waals surface area (Å²) in [5.41, 5.74) is 1.79. The van der Waals surface area contributed by atoms with E-state index < -0.39 is 5.60 Å². The standard InChI is InChI=1S/C17H23NO3/c1-18(12-17(20)6-8-21-9-7-17)16(19)15-10-13-4-2-3-5-14(13)11-15/h2-5,15,20H,6-12H2,1H3. The van der Waals surface area contributed by atoms with Gasteiger partial charge in [-0.05, 0) is 24.0 Å². The van der Waals surface area contributed by atoms with Gasteiger partial charge in [0.2, 0.25) is 5.91 Å². The first-order valence-corrected chi connectivity index (χ1v) is 7.69. The number of aliphatic hydroxyl groups is 1. The molecule has 21 heavy (non-hydrogen) atoms. The predicted molar refractivity (Wildman–Crippen MR) is 80.0 cm³/mol. The smallest absolute Gasteiger partial charge is 0.226 e. The SMILES string of the molecule is CN(CC1(O)CCOCC1)C(=O)C1Cc2ccccc2C1. The molecule has 0 atom stereocenters. The number of carbonyl (C=O) groups is 1. The minimum Gasteiger partial charge on any atom is -0.388 e. The van der Waals surface area contributed by atoms with Crippen LogP contribution in [0, 0.1) is 5.92 Å². The molecule has 1 N–H and O–H groups in total. The molecule has 0 spiro atoms. The van der Waals surface area contributed by atoms with Crippen LogP contribution in [0.1, 0.15) is 24.0 Å². The van der Waals surface area contributed by atoms with Crippen molar-refractivity contribution in [2.75, 3.05) is 26.8 Å². The number of amides is 1. The average Bonchev–Trinajstić information content (AvgIpc) is 2.90. The maximum atomic E-state index is 12.6. The van der Waals surface area contributed by atoms with Gasteiger partial charge in [-0.25, -0.2) is 0 Å². The quantitative estimate of drug-likeness (QED) is 0.915. The fourth-order valence-electron chi connectivity index (χ4n) is 3.47. The molecule has 1 aromatic carbocycles. The van der Waals surface area contributed by atoms with Crippen molar-refractivity contribution in [3.05, 3.63) is 35.4 Å². The summed E-state index contributed by atoms with van der Waals surface area (Å²) in [5.74, 6) is 0.168. The van der Waals surface area contributed by atoms with Gasteiger partial charge in [0.15, 0.2) is 0 Å². The Bertz CT molecular complexity index is 498. The summed E-state index contributed by atoms with van der Waals surface area (Å²) in [7, 11) is 1.80. The highest BCUT2D eigenvalue weighted by atomic mass is 16.5. The summed E-state index contributed by atoms with van der Waals surface area (Å²) < 4.78 is 5.29. The summed E-state index contributed by atoms with van der Waals surface area (Å²) in [5, 5.41) is 10.5. The Hall–Kier alpha value is -1.39. The molecular weight excluding hydrogens is 266 g/mol. The van der Waals surface area contributed by atoms with Crippen molar-refractivity contribution >= 4 is 5.91 Å². The van der Waals surface area contributed by atoms with E-state index in [9.17, 15) is 9.90 Å². The molecule has 1 aromatic rings. The first-order chi connectivity index (χ1) is 10.1. The van der Waals surface area contributed by atoms with E-state index in [0.29, 0.717) is 32.6 Å². The summed E-state index contributed by atoms with van der Waals surface area (Å²) >= 11 is 0. The van der Waals surface area contributed by atoms with Gasteiger partial charge in [0, 0.05) is 45.6 Å². The third kappa shape index (κ3) is 3.11. The highest BCUT2D eigenvalue weighted by molar-refractivity contribution is 5.80. The minimum atomic E-state index is -0.784. The molecule has 4 nitrogen and oxygen atoms in total. The molecule has 0 unspecified atom stereocenters. The summed E-state index contributed by atoms with van der Waals surface area (Å²) in [6.45, 7) is 1.56. The molecular formula is C17H23NO3. The number of hydrogen-bond donors (Lipinski definition) is 1. The van der Waals surface area contributed by atoms with Crippen molar-refractivity contribution < 1.29 is 14.6 Å². The van der Waals surface area contributed by atoms with Crippen LogP contribution in [0.25, 0.3) is 0 Å². The van der Waals surface area contributed by atoms with Crippen molar-refractivity contribution in [1.29, 1.82) is 0 Å². The van der Waals surface area contributed by atoms with Crippen LogP contribution in [0.2, 0.25) is 0 Å². The van der Waals surface area contributed by atoms with Gasteiger partial charge >= 0.3 is 0 Å². The summed E-state index contributed by atoms with van der Waals surface area (Å²) in [6, 6.07) is 8.27. The van der Waals surface area contributed by atoms with E-state index >= 15 is 0 Å². The van der Waals surface area contributed by atoms with Crippen LogP contribution in [0.3, 0.4) is 0 Å². The summed E-state index contributed by atoms with van der Waals surface area (Å²) in [6.07, 6.45) is 2.85. The fraction of sp³-hybridized carbons (Fsp3) is 0.588. The number of rotatable bonds is 3. The first kappa shape index (κ1) is 14.5. The summed E-state index contributed by atoms with van der Waals surface area (Å²) in [4.78, 5) is 14.3. The van der Waals surface area contributed by atoms with Gasteiger partial charge in [0.05, 0.1) is 5.60 Å². The Morgan fingerprint density at radius 3 is 2.43 bits per heavy atom. The largest absolute Gasteiger partial charge is 0.388 e. The molecule has 1 heterocycles. The van der Waals surface area contributed by atoms with Crippen LogP contribution in [0.5, 0.6) is 0 Å². The Labute approximate surface area is 125 Å². The highest BCUT2D eigenvalue weighted by Gasteiger charge is 2.35. The van der Waals surface area contributed by atoms with Gasteiger partial charge in [-0.3, -0.25) is 4.79 Å². The van der Waals surface area contributed by atoms with E-state index in [-0.39, 0.29) is 11.8 Å². The normalized spacial score (nSPS) is 21.0. The zero-order valence-corrected chi connectivity index (χ0v) is 12.5. The van der Waals surface area contributed by atoms with E-state index in [2.05, 4.69) is 12.1 Å². The number of ether oxygens (including phenoxy) is 1. The minimum absolute atomic E-state index is 0.0239. The van der Waals surface area contributed by atoms with E-state index in [1.807, 2.05) is 12.1 Å². The molecule has 114 valence electrons. The first-order valence-electron chi connectivity index (χ1n) is 7.69. The molecule has 0 aromatic heterocycles. The number of hydrogen-bond acceptors (Lipinski definition) is 3. The lowest BCUT2D eigenvalue weighted by atomic mass is 9.93. The molecule has 4 heteroatoms. The van der Waals surface area contributed by atoms with Crippen LogP contribution >= 0.6 is 0 Å². The fourth-order valence-corrected chi connectivity index (χ4v) is 3.47. The van der Waals surface area contributed by atoms with E-state index in [0.717, 1.165) is 12.8 Å². The van der Waals surface area contributed by atoms with Gasteiger partial charge in [-0.2, -0.15) is 0 Å². The van der Waals surface area contributed by atoms with E-state index in [1.54, 1.807) is 11.9 Å². The van der Waals surface area contributed by atoms with Crippen LogP contribution in [0.4, 0.5) is 0 Å². The van der Waals surface area contributed by atoms with Crippen molar-refractivity contribution in [3.63, 3.8) is 0 Å². The van der Waals surface area contributed by atoms with Crippen LogP contribution < -0.4 is 0 Å². The topological polar surface area (TPSA) is 49.8 Å². The van der Waals surface area contributed by atoms with Crippen molar-refractivity contribution in [1.82, 2.24) is 4.90 Å². The third-order valence-electron chi connectivity index (χ3n) is 4.73. The molecule has 3 rings (SSSR count). The molecule has 2 aliphatic rings. The van der Waals surface area contributed by atoms with Gasteiger partial charge in [0.25, 0.3) is 0 Å². The van der Waals surface area contributed by atoms with Crippen molar-refractivity contribution in [2.24, 2.45) is 5.92 Å². The lowest BCUT2D eigenvalue weighted by molar-refractivity contribution is -0.140. The zero-order chi connectivity index (χ0) is 14.9. The van der Waals surface area contributed by atoms with Crippen LogP contribution in [0.15, 0.2) is 24.3 Å².